The highest BCUT2D eigenvalue weighted by Gasteiger charge is 2.44. The SMILES string of the molecule is CC1(C)NC(=O)N(CC(=O)NCc2ccc3c(c2)OCO3)C1=O. The van der Waals surface area contributed by atoms with E-state index < -0.39 is 23.4 Å². The summed E-state index contributed by atoms with van der Waals surface area (Å²) < 4.78 is 10.5. The molecule has 0 aromatic heterocycles. The maximum Gasteiger partial charge on any atom is 0.325 e. The maximum atomic E-state index is 12.0. The van der Waals surface area contributed by atoms with Gasteiger partial charge < -0.3 is 20.1 Å². The van der Waals surface area contributed by atoms with Crippen LogP contribution >= 0.6 is 0 Å². The molecule has 8 heteroatoms. The van der Waals surface area contributed by atoms with Gasteiger partial charge in [0.25, 0.3) is 5.91 Å². The molecule has 0 aliphatic carbocycles. The van der Waals surface area contributed by atoms with E-state index in [0.29, 0.717) is 11.5 Å². The third kappa shape index (κ3) is 2.92. The summed E-state index contributed by atoms with van der Waals surface area (Å²) in [6, 6.07) is 4.80. The van der Waals surface area contributed by atoms with Crippen LogP contribution in [0.15, 0.2) is 18.2 Å². The van der Waals surface area contributed by atoms with Crippen molar-refractivity contribution in [2.75, 3.05) is 13.3 Å². The van der Waals surface area contributed by atoms with Gasteiger partial charge in [0.1, 0.15) is 12.1 Å². The fourth-order valence-corrected chi connectivity index (χ4v) is 2.41. The van der Waals surface area contributed by atoms with Gasteiger partial charge in [-0.15, -0.1) is 0 Å². The minimum absolute atomic E-state index is 0.188. The monoisotopic (exact) mass is 319 g/mol. The van der Waals surface area contributed by atoms with Crippen molar-refractivity contribution in [3.63, 3.8) is 0 Å². The van der Waals surface area contributed by atoms with Gasteiger partial charge >= 0.3 is 6.03 Å². The molecule has 2 heterocycles. The molecule has 1 fully saturated rings. The second-order valence-electron chi connectivity index (χ2n) is 5.91. The minimum Gasteiger partial charge on any atom is -0.454 e. The number of amides is 4. The molecule has 1 aromatic carbocycles. The molecule has 0 bridgehead atoms. The molecule has 1 saturated heterocycles. The van der Waals surface area contributed by atoms with Crippen LogP contribution in [0.4, 0.5) is 4.79 Å². The van der Waals surface area contributed by atoms with E-state index in [1.165, 1.54) is 0 Å². The molecule has 0 unspecified atom stereocenters. The van der Waals surface area contributed by atoms with Gasteiger partial charge in [0.05, 0.1) is 0 Å². The van der Waals surface area contributed by atoms with Gasteiger partial charge in [-0.05, 0) is 31.5 Å². The Hall–Kier alpha value is -2.77. The Balaban J connectivity index is 1.56. The lowest BCUT2D eigenvalue weighted by atomic mass is 10.1. The molecule has 0 radical (unpaired) electrons. The van der Waals surface area contributed by atoms with Crippen molar-refractivity contribution < 1.29 is 23.9 Å². The topological polar surface area (TPSA) is 97.0 Å². The Morgan fingerprint density at radius 2 is 2.04 bits per heavy atom. The zero-order valence-electron chi connectivity index (χ0n) is 12.8. The number of benzene rings is 1. The lowest BCUT2D eigenvalue weighted by Gasteiger charge is -2.15. The highest BCUT2D eigenvalue weighted by molar-refractivity contribution is 6.08. The largest absolute Gasteiger partial charge is 0.454 e. The van der Waals surface area contributed by atoms with E-state index in [9.17, 15) is 14.4 Å². The second kappa shape index (κ2) is 5.45. The smallest absolute Gasteiger partial charge is 0.325 e. The van der Waals surface area contributed by atoms with Gasteiger partial charge in [0.15, 0.2) is 11.5 Å². The summed E-state index contributed by atoms with van der Waals surface area (Å²) in [4.78, 5) is 36.6. The molecule has 23 heavy (non-hydrogen) atoms. The minimum atomic E-state index is -0.977. The predicted molar refractivity (Wildman–Crippen MR) is 78.7 cm³/mol. The van der Waals surface area contributed by atoms with Crippen LogP contribution in [0, 0.1) is 0 Å². The summed E-state index contributed by atoms with van der Waals surface area (Å²) in [5.74, 6) is 0.471. The maximum absolute atomic E-state index is 12.0. The predicted octanol–water partition coefficient (Wildman–Crippen LogP) is 0.362. The van der Waals surface area contributed by atoms with Gasteiger partial charge in [0.2, 0.25) is 12.7 Å². The summed E-state index contributed by atoms with van der Waals surface area (Å²) >= 11 is 0. The van der Waals surface area contributed by atoms with Gasteiger partial charge in [0, 0.05) is 6.54 Å². The second-order valence-corrected chi connectivity index (χ2v) is 5.91. The number of carbonyl (C=O) groups excluding carboxylic acids is 3. The van der Waals surface area contributed by atoms with E-state index in [1.54, 1.807) is 26.0 Å². The first-order valence-corrected chi connectivity index (χ1v) is 7.16. The lowest BCUT2D eigenvalue weighted by Crippen LogP contribution is -2.43. The Morgan fingerprint density at radius 3 is 2.74 bits per heavy atom. The molecule has 3 rings (SSSR count). The number of hydrogen-bond donors (Lipinski definition) is 2. The molecule has 2 N–H and O–H groups in total. The van der Waals surface area contributed by atoms with Crippen molar-refractivity contribution in [2.45, 2.75) is 25.9 Å². The molecule has 2 aliphatic rings. The number of nitrogens with zero attached hydrogens (tertiary/aromatic N) is 1. The van der Waals surface area contributed by atoms with Crippen LogP contribution in [0.1, 0.15) is 19.4 Å². The molecule has 0 saturated carbocycles. The van der Waals surface area contributed by atoms with Gasteiger partial charge in [-0.3, -0.25) is 14.5 Å². The first-order chi connectivity index (χ1) is 10.9. The zero-order chi connectivity index (χ0) is 16.6. The van der Waals surface area contributed by atoms with Crippen molar-refractivity contribution in [3.05, 3.63) is 23.8 Å². The number of fused-ring (bicyclic) bond motifs is 1. The van der Waals surface area contributed by atoms with Crippen molar-refractivity contribution in [2.24, 2.45) is 0 Å². The molecule has 1 aromatic rings. The van der Waals surface area contributed by atoms with E-state index >= 15 is 0 Å². The van der Waals surface area contributed by atoms with E-state index in [-0.39, 0.29) is 19.9 Å². The van der Waals surface area contributed by atoms with Gasteiger partial charge in [-0.1, -0.05) is 6.07 Å². The van der Waals surface area contributed by atoms with Crippen LogP contribution in [0.2, 0.25) is 0 Å². The van der Waals surface area contributed by atoms with E-state index in [2.05, 4.69) is 10.6 Å². The molecule has 0 spiro atoms. The Labute approximate surface area is 132 Å². The molecular formula is C15H17N3O5. The Kier molecular flexibility index (Phi) is 3.59. The molecule has 2 aliphatic heterocycles. The molecule has 8 nitrogen and oxygen atoms in total. The van der Waals surface area contributed by atoms with E-state index in [4.69, 9.17) is 9.47 Å². The van der Waals surface area contributed by atoms with Crippen LogP contribution in [0.25, 0.3) is 0 Å². The van der Waals surface area contributed by atoms with E-state index in [1.807, 2.05) is 6.07 Å². The summed E-state index contributed by atoms with van der Waals surface area (Å²) in [5, 5.41) is 5.20. The fraction of sp³-hybridized carbons (Fsp3) is 0.400. The number of hydrogen-bond acceptors (Lipinski definition) is 5. The molecule has 0 atom stereocenters. The highest BCUT2D eigenvalue weighted by Crippen LogP contribution is 2.32. The first-order valence-electron chi connectivity index (χ1n) is 7.16. The average Bonchev–Trinajstić information content (AvgIpc) is 3.03. The third-order valence-corrected chi connectivity index (χ3v) is 3.67. The van der Waals surface area contributed by atoms with Crippen LogP contribution in [0.5, 0.6) is 11.5 Å². The fourth-order valence-electron chi connectivity index (χ4n) is 2.41. The van der Waals surface area contributed by atoms with Crippen LogP contribution < -0.4 is 20.1 Å². The normalized spacial score (nSPS) is 18.1. The molecule has 4 amide bonds. The number of urea groups is 1. The Bertz CT molecular complexity index is 686. The average molecular weight is 319 g/mol. The van der Waals surface area contributed by atoms with Crippen LogP contribution in [-0.2, 0) is 16.1 Å². The van der Waals surface area contributed by atoms with Gasteiger partial charge in [-0.25, -0.2) is 4.79 Å². The van der Waals surface area contributed by atoms with Gasteiger partial charge in [-0.2, -0.15) is 0 Å². The van der Waals surface area contributed by atoms with Crippen molar-refractivity contribution in [1.82, 2.24) is 15.5 Å². The summed E-state index contributed by atoms with van der Waals surface area (Å²) in [7, 11) is 0. The Morgan fingerprint density at radius 1 is 1.30 bits per heavy atom. The molecule has 122 valence electrons. The summed E-state index contributed by atoms with van der Waals surface area (Å²) in [6.07, 6.45) is 0. The van der Waals surface area contributed by atoms with Crippen LogP contribution in [-0.4, -0.2) is 41.6 Å². The number of carbonyl (C=O) groups is 3. The van der Waals surface area contributed by atoms with Crippen molar-refractivity contribution >= 4 is 17.8 Å². The third-order valence-electron chi connectivity index (χ3n) is 3.67. The number of imide groups is 1. The standard InChI is InChI=1S/C15H17N3O5/c1-15(2)13(20)18(14(21)17-15)7-12(19)16-6-9-3-4-10-11(5-9)23-8-22-10/h3-5H,6-8H2,1-2H3,(H,16,19)(H,17,21). The molecular weight excluding hydrogens is 302 g/mol. The van der Waals surface area contributed by atoms with Crippen molar-refractivity contribution in [3.8, 4) is 11.5 Å². The zero-order valence-corrected chi connectivity index (χ0v) is 12.8. The number of rotatable bonds is 4. The first kappa shape index (κ1) is 15.1. The number of ether oxygens (including phenoxy) is 2. The van der Waals surface area contributed by atoms with Crippen molar-refractivity contribution in [1.29, 1.82) is 0 Å². The van der Waals surface area contributed by atoms with Crippen LogP contribution in [0.3, 0.4) is 0 Å². The highest BCUT2D eigenvalue weighted by atomic mass is 16.7. The lowest BCUT2D eigenvalue weighted by molar-refractivity contribution is -0.134. The summed E-state index contributed by atoms with van der Waals surface area (Å²) in [5.41, 5.74) is -0.144. The number of nitrogens with one attached hydrogen (secondary N) is 2. The van der Waals surface area contributed by atoms with E-state index in [0.717, 1.165) is 10.5 Å². The summed E-state index contributed by atoms with van der Waals surface area (Å²) in [6.45, 7) is 3.34. The quantitative estimate of drug-likeness (QED) is 0.781.